The standard InChI is InChI=1S/C24H42N6O/c25-11-7-16-27-14-5-3-12-26-13-4-6-15-28-17-8-18-29-24(31)19-21-20-30-23-10-2-1-9-22(21)23/h1-2,9-10,20,26-28,30H,3-8,11-19,25H2,(H,29,31). The van der Waals surface area contributed by atoms with Crippen LogP contribution in [0.2, 0.25) is 0 Å². The number of nitrogens with two attached hydrogens (primary N) is 1. The van der Waals surface area contributed by atoms with Gasteiger partial charge in [0.25, 0.3) is 0 Å². The summed E-state index contributed by atoms with van der Waals surface area (Å²) in [7, 11) is 0. The van der Waals surface area contributed by atoms with Crippen LogP contribution in [0.1, 0.15) is 44.1 Å². The summed E-state index contributed by atoms with van der Waals surface area (Å²) in [5.74, 6) is 0.0853. The topological polar surface area (TPSA) is 107 Å². The maximum Gasteiger partial charge on any atom is 0.224 e. The Balaban J connectivity index is 1.33. The Morgan fingerprint density at radius 1 is 0.774 bits per heavy atom. The summed E-state index contributed by atoms with van der Waals surface area (Å²) in [5.41, 5.74) is 7.60. The van der Waals surface area contributed by atoms with Crippen molar-refractivity contribution in [1.29, 1.82) is 0 Å². The number of aromatic nitrogens is 1. The molecule has 2 rings (SSSR count). The Morgan fingerprint density at radius 3 is 2.00 bits per heavy atom. The number of unbranched alkanes of at least 4 members (excludes halogenated alkanes) is 2. The monoisotopic (exact) mass is 430 g/mol. The number of benzene rings is 1. The second-order valence-corrected chi connectivity index (χ2v) is 8.05. The molecule has 0 saturated carbocycles. The quantitative estimate of drug-likeness (QED) is 0.191. The lowest BCUT2D eigenvalue weighted by molar-refractivity contribution is -0.120. The fraction of sp³-hybridized carbons (Fsp3) is 0.625. The second-order valence-electron chi connectivity index (χ2n) is 8.05. The highest BCUT2D eigenvalue weighted by molar-refractivity contribution is 5.88. The number of amides is 1. The van der Waals surface area contributed by atoms with Gasteiger partial charge in [-0.15, -0.1) is 0 Å². The van der Waals surface area contributed by atoms with E-state index in [2.05, 4.69) is 32.3 Å². The third-order valence-corrected chi connectivity index (χ3v) is 5.35. The number of fused-ring (bicyclic) bond motifs is 1. The molecule has 0 aliphatic rings. The molecule has 0 fully saturated rings. The van der Waals surface area contributed by atoms with E-state index >= 15 is 0 Å². The van der Waals surface area contributed by atoms with Gasteiger partial charge in [0.05, 0.1) is 6.42 Å². The van der Waals surface area contributed by atoms with Crippen molar-refractivity contribution in [2.75, 3.05) is 52.4 Å². The highest BCUT2D eigenvalue weighted by Crippen LogP contribution is 2.17. The lowest BCUT2D eigenvalue weighted by Crippen LogP contribution is -2.29. The molecule has 0 saturated heterocycles. The average Bonchev–Trinajstić information content (AvgIpc) is 3.18. The number of aromatic amines is 1. The molecule has 174 valence electrons. The Kier molecular flexibility index (Phi) is 13.7. The SMILES string of the molecule is NCCCNCCCCNCCCCNCCCNC(=O)Cc1c[nH]c2ccccc12. The van der Waals surface area contributed by atoms with Crippen LogP contribution in [0, 0.1) is 0 Å². The number of carbonyl (C=O) groups excluding carboxylic acids is 1. The second kappa shape index (κ2) is 16.7. The molecule has 0 radical (unpaired) electrons. The largest absolute Gasteiger partial charge is 0.361 e. The van der Waals surface area contributed by atoms with Crippen LogP contribution in [0.3, 0.4) is 0 Å². The number of H-pyrrole nitrogens is 1. The Hall–Kier alpha value is -1.93. The van der Waals surface area contributed by atoms with Crippen molar-refractivity contribution in [2.24, 2.45) is 5.73 Å². The molecular weight excluding hydrogens is 388 g/mol. The van der Waals surface area contributed by atoms with Crippen LogP contribution in [-0.4, -0.2) is 63.2 Å². The van der Waals surface area contributed by atoms with Crippen molar-refractivity contribution in [3.8, 4) is 0 Å². The molecule has 7 N–H and O–H groups in total. The van der Waals surface area contributed by atoms with Gasteiger partial charge in [0.2, 0.25) is 5.91 Å². The molecule has 31 heavy (non-hydrogen) atoms. The van der Waals surface area contributed by atoms with Crippen molar-refractivity contribution in [3.05, 3.63) is 36.0 Å². The number of carbonyl (C=O) groups is 1. The van der Waals surface area contributed by atoms with Crippen LogP contribution in [0.25, 0.3) is 10.9 Å². The van der Waals surface area contributed by atoms with Crippen LogP contribution >= 0.6 is 0 Å². The highest BCUT2D eigenvalue weighted by atomic mass is 16.1. The van der Waals surface area contributed by atoms with E-state index < -0.39 is 0 Å². The van der Waals surface area contributed by atoms with E-state index in [0.717, 1.165) is 81.7 Å². The predicted molar refractivity (Wildman–Crippen MR) is 130 cm³/mol. The molecule has 1 amide bonds. The van der Waals surface area contributed by atoms with Crippen LogP contribution in [-0.2, 0) is 11.2 Å². The highest BCUT2D eigenvalue weighted by Gasteiger charge is 2.07. The van der Waals surface area contributed by atoms with E-state index in [-0.39, 0.29) is 5.91 Å². The third kappa shape index (κ3) is 11.3. The zero-order chi connectivity index (χ0) is 22.0. The summed E-state index contributed by atoms with van der Waals surface area (Å²) < 4.78 is 0. The Labute approximate surface area is 187 Å². The van der Waals surface area contributed by atoms with Gasteiger partial charge in [0, 0.05) is 23.6 Å². The van der Waals surface area contributed by atoms with Crippen LogP contribution in [0.15, 0.2) is 30.5 Å². The van der Waals surface area contributed by atoms with E-state index in [0.29, 0.717) is 6.42 Å². The van der Waals surface area contributed by atoms with Crippen molar-refractivity contribution in [3.63, 3.8) is 0 Å². The van der Waals surface area contributed by atoms with Gasteiger partial charge >= 0.3 is 0 Å². The fourth-order valence-corrected chi connectivity index (χ4v) is 3.56. The van der Waals surface area contributed by atoms with Gasteiger partial charge in [-0.2, -0.15) is 0 Å². The summed E-state index contributed by atoms with van der Waals surface area (Å²) in [6.45, 7) is 7.79. The first-order valence-corrected chi connectivity index (χ1v) is 11.9. The number of para-hydroxylation sites is 1. The minimum absolute atomic E-state index is 0.0853. The summed E-state index contributed by atoms with van der Waals surface area (Å²) in [4.78, 5) is 15.4. The maximum atomic E-state index is 12.2. The molecule has 0 atom stereocenters. The minimum atomic E-state index is 0.0853. The summed E-state index contributed by atoms with van der Waals surface area (Å²) in [6, 6.07) is 8.09. The van der Waals surface area contributed by atoms with E-state index in [1.807, 2.05) is 24.4 Å². The Bertz CT molecular complexity index is 717. The van der Waals surface area contributed by atoms with Crippen LogP contribution in [0.5, 0.6) is 0 Å². The van der Waals surface area contributed by atoms with Gasteiger partial charge in [0.15, 0.2) is 0 Å². The van der Waals surface area contributed by atoms with Crippen LogP contribution in [0.4, 0.5) is 0 Å². The van der Waals surface area contributed by atoms with Gasteiger partial charge in [-0.3, -0.25) is 4.79 Å². The molecule has 1 heterocycles. The van der Waals surface area contributed by atoms with Crippen LogP contribution < -0.4 is 27.0 Å². The lowest BCUT2D eigenvalue weighted by atomic mass is 10.1. The first-order chi connectivity index (χ1) is 15.3. The molecule has 1 aromatic heterocycles. The van der Waals surface area contributed by atoms with Crippen molar-refractivity contribution in [1.82, 2.24) is 26.3 Å². The van der Waals surface area contributed by atoms with Gasteiger partial charge in [-0.1, -0.05) is 18.2 Å². The summed E-state index contributed by atoms with van der Waals surface area (Å²) >= 11 is 0. The van der Waals surface area contributed by atoms with E-state index in [1.54, 1.807) is 0 Å². The van der Waals surface area contributed by atoms with Gasteiger partial charge in [-0.05, 0) is 96.0 Å². The first-order valence-electron chi connectivity index (χ1n) is 11.9. The zero-order valence-electron chi connectivity index (χ0n) is 19.0. The third-order valence-electron chi connectivity index (χ3n) is 5.35. The van der Waals surface area contributed by atoms with Gasteiger partial charge < -0.3 is 32.0 Å². The van der Waals surface area contributed by atoms with Gasteiger partial charge in [-0.25, -0.2) is 0 Å². The molecule has 1 aromatic carbocycles. The fourth-order valence-electron chi connectivity index (χ4n) is 3.56. The maximum absolute atomic E-state index is 12.2. The molecule has 0 spiro atoms. The Morgan fingerprint density at radius 2 is 1.35 bits per heavy atom. The van der Waals surface area contributed by atoms with E-state index in [4.69, 9.17) is 5.73 Å². The van der Waals surface area contributed by atoms with Crippen molar-refractivity contribution < 1.29 is 4.79 Å². The first kappa shape index (κ1) is 25.3. The molecule has 0 bridgehead atoms. The number of rotatable bonds is 19. The predicted octanol–water partition coefficient (Wildman–Crippen LogP) is 1.89. The molecule has 0 aliphatic carbocycles. The smallest absolute Gasteiger partial charge is 0.224 e. The van der Waals surface area contributed by atoms with Crippen molar-refractivity contribution >= 4 is 16.8 Å². The molecule has 7 heteroatoms. The van der Waals surface area contributed by atoms with Gasteiger partial charge in [0.1, 0.15) is 0 Å². The van der Waals surface area contributed by atoms with Crippen molar-refractivity contribution in [2.45, 2.75) is 44.9 Å². The van der Waals surface area contributed by atoms with E-state index in [1.165, 1.54) is 25.7 Å². The lowest BCUT2D eigenvalue weighted by Gasteiger charge is -2.08. The number of hydrogen-bond donors (Lipinski definition) is 6. The van der Waals surface area contributed by atoms with E-state index in [9.17, 15) is 4.79 Å². The molecule has 0 unspecified atom stereocenters. The molecular formula is C24H42N6O. The normalized spacial score (nSPS) is 11.3. The molecule has 7 nitrogen and oxygen atoms in total. The average molecular weight is 431 g/mol. The summed E-state index contributed by atoms with van der Waals surface area (Å²) in [5, 5.41) is 14.5. The molecule has 0 aliphatic heterocycles. The number of hydrogen-bond acceptors (Lipinski definition) is 5. The summed E-state index contributed by atoms with van der Waals surface area (Å²) in [6.07, 6.45) is 9.20. The number of nitrogens with one attached hydrogen (secondary N) is 5. The molecule has 2 aromatic rings. The minimum Gasteiger partial charge on any atom is -0.361 e. The zero-order valence-corrected chi connectivity index (χ0v) is 19.0.